The van der Waals surface area contributed by atoms with Gasteiger partial charge in [0.2, 0.25) is 0 Å². The molecule has 0 saturated heterocycles. The Bertz CT molecular complexity index is 608. The van der Waals surface area contributed by atoms with Crippen LogP contribution in [0.15, 0.2) is 18.2 Å². The summed E-state index contributed by atoms with van der Waals surface area (Å²) in [6, 6.07) is 8.45. The van der Waals surface area contributed by atoms with Crippen molar-refractivity contribution in [1.82, 2.24) is 4.37 Å². The van der Waals surface area contributed by atoms with Gasteiger partial charge in [-0.15, -0.1) is 0 Å². The van der Waals surface area contributed by atoms with Crippen molar-refractivity contribution in [3.05, 3.63) is 40.6 Å². The van der Waals surface area contributed by atoms with Crippen molar-refractivity contribution in [2.75, 3.05) is 5.32 Å². The predicted octanol–water partition coefficient (Wildman–Crippen LogP) is 3.94. The lowest BCUT2D eigenvalue weighted by Crippen LogP contribution is -1.93. The first kappa shape index (κ1) is 12.6. The summed E-state index contributed by atoms with van der Waals surface area (Å²) in [6.07, 6.45) is 1.01. The third-order valence-electron chi connectivity index (χ3n) is 2.96. The summed E-state index contributed by atoms with van der Waals surface area (Å²) in [5.41, 5.74) is 5.05. The number of benzene rings is 1. The third kappa shape index (κ3) is 2.36. The molecule has 0 aliphatic carbocycles. The molecular weight excluding hydrogens is 242 g/mol. The van der Waals surface area contributed by atoms with E-state index in [1.54, 1.807) is 0 Å². The van der Waals surface area contributed by atoms with E-state index in [1.165, 1.54) is 22.7 Å². The second kappa shape index (κ2) is 5.19. The van der Waals surface area contributed by atoms with E-state index in [2.05, 4.69) is 41.7 Å². The number of rotatable bonds is 3. The maximum atomic E-state index is 9.09. The molecule has 0 aliphatic rings. The molecule has 4 heteroatoms. The molecular formula is C14H15N3S. The van der Waals surface area contributed by atoms with Gasteiger partial charge in [0.05, 0.1) is 5.69 Å². The van der Waals surface area contributed by atoms with E-state index in [0.29, 0.717) is 5.56 Å². The minimum Gasteiger partial charge on any atom is -0.345 e. The molecule has 0 aliphatic heterocycles. The fourth-order valence-corrected chi connectivity index (χ4v) is 2.62. The van der Waals surface area contributed by atoms with Crippen LogP contribution in [0.25, 0.3) is 0 Å². The van der Waals surface area contributed by atoms with E-state index in [1.807, 2.05) is 13.0 Å². The van der Waals surface area contributed by atoms with Gasteiger partial charge >= 0.3 is 0 Å². The highest BCUT2D eigenvalue weighted by Crippen LogP contribution is 2.28. The highest BCUT2D eigenvalue weighted by Gasteiger charge is 2.10. The number of hydrogen-bond acceptors (Lipinski definition) is 4. The topological polar surface area (TPSA) is 48.7 Å². The zero-order valence-electron chi connectivity index (χ0n) is 10.7. The Morgan fingerprint density at radius 1 is 1.39 bits per heavy atom. The number of aryl methyl sites for hydroxylation is 3. The highest BCUT2D eigenvalue weighted by atomic mass is 32.1. The van der Waals surface area contributed by atoms with Crippen molar-refractivity contribution < 1.29 is 0 Å². The van der Waals surface area contributed by atoms with E-state index in [-0.39, 0.29) is 0 Å². The first-order valence-corrected chi connectivity index (χ1v) is 6.66. The summed E-state index contributed by atoms with van der Waals surface area (Å²) in [5, 5.41) is 13.2. The quantitative estimate of drug-likeness (QED) is 0.906. The summed E-state index contributed by atoms with van der Waals surface area (Å²) in [5.74, 6) is 0. The molecule has 92 valence electrons. The third-order valence-corrected chi connectivity index (χ3v) is 3.82. The monoisotopic (exact) mass is 257 g/mol. The highest BCUT2D eigenvalue weighted by molar-refractivity contribution is 7.10. The Balaban J connectivity index is 2.32. The van der Waals surface area contributed by atoms with Gasteiger partial charge in [-0.05, 0) is 55.1 Å². The second-order valence-corrected chi connectivity index (χ2v) is 4.98. The van der Waals surface area contributed by atoms with Gasteiger partial charge in [0, 0.05) is 5.69 Å². The van der Waals surface area contributed by atoms with Gasteiger partial charge in [-0.1, -0.05) is 13.0 Å². The van der Waals surface area contributed by atoms with Gasteiger partial charge in [-0.2, -0.15) is 9.64 Å². The first-order valence-electron chi connectivity index (χ1n) is 5.88. The van der Waals surface area contributed by atoms with E-state index in [0.717, 1.165) is 22.8 Å². The van der Waals surface area contributed by atoms with Crippen LogP contribution in [0.4, 0.5) is 10.7 Å². The number of hydrogen-bond donors (Lipinski definition) is 1. The molecule has 0 radical (unpaired) electrons. The summed E-state index contributed by atoms with van der Waals surface area (Å²) in [4.78, 5) is 0. The molecule has 0 amide bonds. The van der Waals surface area contributed by atoms with Gasteiger partial charge < -0.3 is 5.32 Å². The molecule has 0 bridgehead atoms. The molecule has 3 nitrogen and oxygen atoms in total. The zero-order chi connectivity index (χ0) is 13.1. The molecule has 2 aromatic rings. The van der Waals surface area contributed by atoms with Gasteiger partial charge in [0.15, 0.2) is 0 Å². The minimum atomic E-state index is 0.638. The fraction of sp³-hybridized carbons (Fsp3) is 0.286. The Labute approximate surface area is 111 Å². The largest absolute Gasteiger partial charge is 0.345 e. The molecule has 0 saturated carbocycles. The number of anilines is 2. The predicted molar refractivity (Wildman–Crippen MR) is 75.4 cm³/mol. The van der Waals surface area contributed by atoms with Crippen LogP contribution >= 0.6 is 11.5 Å². The van der Waals surface area contributed by atoms with Crippen LogP contribution in [-0.4, -0.2) is 4.37 Å². The second-order valence-electron chi connectivity index (χ2n) is 4.20. The lowest BCUT2D eigenvalue weighted by atomic mass is 10.1. The summed E-state index contributed by atoms with van der Waals surface area (Å²) in [7, 11) is 0. The van der Waals surface area contributed by atoms with Gasteiger partial charge in [-0.3, -0.25) is 0 Å². The van der Waals surface area contributed by atoms with Gasteiger partial charge in [-0.25, -0.2) is 0 Å². The van der Waals surface area contributed by atoms with Crippen molar-refractivity contribution in [2.45, 2.75) is 27.2 Å². The molecule has 1 N–H and O–H groups in total. The van der Waals surface area contributed by atoms with Crippen LogP contribution in [0.5, 0.6) is 0 Å². The Kier molecular flexibility index (Phi) is 3.63. The number of nitrogens with zero attached hydrogens (tertiary/aromatic N) is 2. The lowest BCUT2D eigenvalue weighted by Gasteiger charge is -2.08. The smallest absolute Gasteiger partial charge is 0.132 e. The Morgan fingerprint density at radius 3 is 2.83 bits per heavy atom. The molecule has 1 aromatic heterocycles. The standard InChI is InChI=1S/C14H15N3S/c1-4-11-7-12(6-5-9(11)2)16-14-13(8-15)10(3)17-18-14/h5-7,16H,4H2,1-3H3. The van der Waals surface area contributed by atoms with Crippen LogP contribution in [0.1, 0.15) is 29.3 Å². The molecule has 2 rings (SSSR count). The molecule has 0 unspecified atom stereocenters. The van der Waals surface area contributed by atoms with E-state index < -0.39 is 0 Å². The average Bonchev–Trinajstić information content (AvgIpc) is 2.72. The molecule has 18 heavy (non-hydrogen) atoms. The first-order chi connectivity index (χ1) is 8.65. The lowest BCUT2D eigenvalue weighted by molar-refractivity contribution is 1.11. The molecule has 0 atom stereocenters. The van der Waals surface area contributed by atoms with Crippen molar-refractivity contribution in [1.29, 1.82) is 5.26 Å². The molecule has 0 spiro atoms. The molecule has 1 heterocycles. The SMILES string of the molecule is CCc1cc(Nc2snc(C)c2C#N)ccc1C. The molecule has 0 fully saturated rings. The minimum absolute atomic E-state index is 0.638. The zero-order valence-corrected chi connectivity index (χ0v) is 11.6. The Hall–Kier alpha value is -1.86. The number of nitriles is 1. The normalized spacial score (nSPS) is 10.1. The maximum absolute atomic E-state index is 9.09. The Morgan fingerprint density at radius 2 is 2.17 bits per heavy atom. The van der Waals surface area contributed by atoms with Crippen LogP contribution in [-0.2, 0) is 6.42 Å². The van der Waals surface area contributed by atoms with E-state index >= 15 is 0 Å². The summed E-state index contributed by atoms with van der Waals surface area (Å²) < 4.78 is 4.20. The number of nitrogens with one attached hydrogen (secondary N) is 1. The van der Waals surface area contributed by atoms with Crippen molar-refractivity contribution in [2.24, 2.45) is 0 Å². The molecule has 1 aromatic carbocycles. The van der Waals surface area contributed by atoms with Crippen molar-refractivity contribution in [3.63, 3.8) is 0 Å². The fourth-order valence-electron chi connectivity index (χ4n) is 1.85. The van der Waals surface area contributed by atoms with Crippen LogP contribution < -0.4 is 5.32 Å². The van der Waals surface area contributed by atoms with Crippen LogP contribution in [0.3, 0.4) is 0 Å². The van der Waals surface area contributed by atoms with Crippen molar-refractivity contribution >= 4 is 22.2 Å². The van der Waals surface area contributed by atoms with Crippen molar-refractivity contribution in [3.8, 4) is 6.07 Å². The van der Waals surface area contributed by atoms with Crippen LogP contribution in [0, 0.1) is 25.2 Å². The average molecular weight is 257 g/mol. The van der Waals surface area contributed by atoms with Crippen LogP contribution in [0.2, 0.25) is 0 Å². The number of aromatic nitrogens is 1. The van der Waals surface area contributed by atoms with Gasteiger partial charge in [0.25, 0.3) is 0 Å². The van der Waals surface area contributed by atoms with Gasteiger partial charge in [0.1, 0.15) is 16.6 Å². The van der Waals surface area contributed by atoms with E-state index in [4.69, 9.17) is 5.26 Å². The summed E-state index contributed by atoms with van der Waals surface area (Å²) >= 11 is 1.33. The van der Waals surface area contributed by atoms with E-state index in [9.17, 15) is 0 Å². The summed E-state index contributed by atoms with van der Waals surface area (Å²) in [6.45, 7) is 6.11. The maximum Gasteiger partial charge on any atom is 0.132 e.